The lowest BCUT2D eigenvalue weighted by Crippen LogP contribution is -2.47. The molecule has 116 valence electrons. The molecule has 1 aromatic rings. The lowest BCUT2D eigenvalue weighted by Gasteiger charge is -2.34. The average molecular weight is 303 g/mol. The summed E-state index contributed by atoms with van der Waals surface area (Å²) in [6.45, 7) is 14.2. The van der Waals surface area contributed by atoms with Crippen molar-refractivity contribution in [2.24, 2.45) is 0 Å². The highest BCUT2D eigenvalue weighted by atomic mass is 31.2. The van der Waals surface area contributed by atoms with E-state index in [-0.39, 0.29) is 5.75 Å². The zero-order chi connectivity index (χ0) is 15.6. The van der Waals surface area contributed by atoms with Crippen LogP contribution in [-0.2, 0) is 4.57 Å². The van der Waals surface area contributed by atoms with E-state index in [1.165, 1.54) is 42.8 Å². The van der Waals surface area contributed by atoms with Crippen molar-refractivity contribution in [3.05, 3.63) is 30.3 Å². The molecule has 0 heterocycles. The Morgan fingerprint density at radius 1 is 1.05 bits per heavy atom. The number of rotatable bonds is 6. The highest BCUT2D eigenvalue weighted by Gasteiger charge is 2.16. The third-order valence-corrected chi connectivity index (χ3v) is 4.09. The van der Waals surface area contributed by atoms with Gasteiger partial charge < -0.3 is 18.8 Å². The van der Waals surface area contributed by atoms with Crippen LogP contribution in [0.25, 0.3) is 0 Å². The van der Waals surface area contributed by atoms with Crippen LogP contribution in [0, 0.1) is 0 Å². The fourth-order valence-corrected chi connectivity index (χ4v) is 2.34. The molecule has 1 N–H and O–H groups in total. The van der Waals surface area contributed by atoms with Gasteiger partial charge in [0.05, 0.1) is 26.2 Å². The second-order valence-corrected chi connectivity index (χ2v) is 5.60. The van der Waals surface area contributed by atoms with Crippen molar-refractivity contribution >= 4 is 7.82 Å². The summed E-state index contributed by atoms with van der Waals surface area (Å²) in [5.41, 5.74) is 0. The molecule has 0 aromatic heterocycles. The topological polar surface area (TPSA) is 69.6 Å². The largest absolute Gasteiger partial charge is 0.746 e. The number of quaternary nitrogens is 1. The maximum atomic E-state index is 10.2. The molecule has 1 atom stereocenters. The molecule has 0 amide bonds. The zero-order valence-corrected chi connectivity index (χ0v) is 13.7. The number of hydrogen-bond acceptors (Lipinski definition) is 3. The van der Waals surface area contributed by atoms with Crippen molar-refractivity contribution in [2.45, 2.75) is 27.7 Å². The predicted octanol–water partition coefficient (Wildman–Crippen LogP) is 2.41. The molecule has 0 spiro atoms. The van der Waals surface area contributed by atoms with Crippen LogP contribution in [0.2, 0.25) is 0 Å². The Balaban J connectivity index is 0.000000370. The van der Waals surface area contributed by atoms with Crippen LogP contribution in [0.5, 0.6) is 5.75 Å². The minimum absolute atomic E-state index is 0.105. The van der Waals surface area contributed by atoms with E-state index in [1.54, 1.807) is 18.2 Å². The Morgan fingerprint density at radius 3 is 1.70 bits per heavy atom. The molecule has 0 saturated heterocycles. The Labute approximate surface area is 122 Å². The van der Waals surface area contributed by atoms with Crippen molar-refractivity contribution in [2.75, 3.05) is 26.2 Å². The predicted molar refractivity (Wildman–Crippen MR) is 79.3 cm³/mol. The second kappa shape index (κ2) is 9.14. The van der Waals surface area contributed by atoms with Crippen LogP contribution < -0.4 is 9.42 Å². The average Bonchev–Trinajstić information content (AvgIpc) is 2.42. The van der Waals surface area contributed by atoms with Gasteiger partial charge in [-0.05, 0) is 39.8 Å². The minimum atomic E-state index is -4.64. The summed E-state index contributed by atoms with van der Waals surface area (Å²) in [6, 6.07) is 7.78. The summed E-state index contributed by atoms with van der Waals surface area (Å²) in [5, 5.41) is 0. The first-order valence-corrected chi connectivity index (χ1v) is 8.45. The quantitative estimate of drug-likeness (QED) is 0.647. The van der Waals surface area contributed by atoms with Crippen molar-refractivity contribution < 1.29 is 23.4 Å². The molecule has 1 unspecified atom stereocenters. The first-order chi connectivity index (χ1) is 9.32. The summed E-state index contributed by atoms with van der Waals surface area (Å²) in [6.07, 6.45) is 0. The van der Waals surface area contributed by atoms with E-state index in [2.05, 4.69) is 32.2 Å². The van der Waals surface area contributed by atoms with Gasteiger partial charge in [0, 0.05) is 0 Å². The molecule has 1 rings (SSSR count). The fourth-order valence-electron chi connectivity index (χ4n) is 1.96. The standard InChI is InChI=1S/C8H20N.C6H7O4P/c1-5-9(6-2,7-3)8-4;7-11(8,9)10-6-4-2-1-3-5-6/h5-8H2,1-4H3;1-5H,(H2,7,8,9)/q+1;/p-1. The van der Waals surface area contributed by atoms with E-state index in [1.807, 2.05) is 0 Å². The molecule has 0 aliphatic rings. The van der Waals surface area contributed by atoms with Gasteiger partial charge in [-0.3, -0.25) is 4.57 Å². The number of para-hydroxylation sites is 1. The molecule has 0 saturated carbocycles. The Kier molecular flexibility index (Phi) is 8.74. The molecule has 0 aliphatic carbocycles. The van der Waals surface area contributed by atoms with Crippen LogP contribution in [0.1, 0.15) is 27.7 Å². The van der Waals surface area contributed by atoms with E-state index in [0.29, 0.717) is 0 Å². The van der Waals surface area contributed by atoms with Gasteiger partial charge >= 0.3 is 7.82 Å². The van der Waals surface area contributed by atoms with Crippen LogP contribution in [-0.4, -0.2) is 35.6 Å². The van der Waals surface area contributed by atoms with E-state index >= 15 is 0 Å². The third kappa shape index (κ3) is 7.65. The van der Waals surface area contributed by atoms with Gasteiger partial charge in [-0.15, -0.1) is 0 Å². The Morgan fingerprint density at radius 2 is 1.45 bits per heavy atom. The molecule has 20 heavy (non-hydrogen) atoms. The first kappa shape index (κ1) is 19.1. The number of nitrogens with zero attached hydrogens (tertiary/aromatic N) is 1. The summed E-state index contributed by atoms with van der Waals surface area (Å²) in [4.78, 5) is 18.4. The van der Waals surface area contributed by atoms with Crippen LogP contribution in [0.3, 0.4) is 0 Å². The minimum Gasteiger partial charge on any atom is -0.746 e. The van der Waals surface area contributed by atoms with Gasteiger partial charge in [0.1, 0.15) is 5.75 Å². The molecule has 0 fully saturated rings. The molecule has 5 nitrogen and oxygen atoms in total. The first-order valence-electron chi connectivity index (χ1n) is 6.96. The van der Waals surface area contributed by atoms with E-state index in [4.69, 9.17) is 4.89 Å². The smallest absolute Gasteiger partial charge is 0.317 e. The maximum absolute atomic E-state index is 10.2. The second-order valence-electron chi connectivity index (χ2n) is 4.48. The van der Waals surface area contributed by atoms with E-state index in [9.17, 15) is 9.46 Å². The molecule has 6 heteroatoms. The fraction of sp³-hybridized carbons (Fsp3) is 0.571. The summed E-state index contributed by atoms with van der Waals surface area (Å²) < 4.78 is 15.6. The lowest BCUT2D eigenvalue weighted by atomic mass is 10.3. The van der Waals surface area contributed by atoms with Crippen molar-refractivity contribution in [1.29, 1.82) is 0 Å². The molecule has 0 aliphatic heterocycles. The molecular formula is C14H26NO4P. The normalized spacial score (nSPS) is 13.9. The number of benzene rings is 1. The van der Waals surface area contributed by atoms with Crippen molar-refractivity contribution in [1.82, 2.24) is 0 Å². The Bertz CT molecular complexity index is 383. The number of phosphoric acid groups is 1. The van der Waals surface area contributed by atoms with Gasteiger partial charge in [-0.25, -0.2) is 0 Å². The summed E-state index contributed by atoms with van der Waals surface area (Å²) in [5.74, 6) is 0.105. The summed E-state index contributed by atoms with van der Waals surface area (Å²) in [7, 11) is -4.64. The van der Waals surface area contributed by atoms with E-state index in [0.717, 1.165) is 0 Å². The molecule has 0 radical (unpaired) electrons. The van der Waals surface area contributed by atoms with Crippen LogP contribution in [0.4, 0.5) is 0 Å². The summed E-state index contributed by atoms with van der Waals surface area (Å²) >= 11 is 0. The molecular weight excluding hydrogens is 277 g/mol. The van der Waals surface area contributed by atoms with Crippen LogP contribution >= 0.6 is 7.82 Å². The lowest BCUT2D eigenvalue weighted by molar-refractivity contribution is -0.921. The highest BCUT2D eigenvalue weighted by molar-refractivity contribution is 7.45. The van der Waals surface area contributed by atoms with Gasteiger partial charge in [0.15, 0.2) is 0 Å². The van der Waals surface area contributed by atoms with Crippen molar-refractivity contribution in [3.63, 3.8) is 0 Å². The number of hydrogen-bond donors (Lipinski definition) is 1. The van der Waals surface area contributed by atoms with Gasteiger partial charge in [0.2, 0.25) is 0 Å². The van der Waals surface area contributed by atoms with Crippen molar-refractivity contribution in [3.8, 4) is 5.75 Å². The maximum Gasteiger partial charge on any atom is 0.317 e. The van der Waals surface area contributed by atoms with E-state index < -0.39 is 7.82 Å². The molecule has 1 aromatic carbocycles. The van der Waals surface area contributed by atoms with Gasteiger partial charge in [-0.2, -0.15) is 0 Å². The molecule has 0 bridgehead atoms. The van der Waals surface area contributed by atoms with Crippen LogP contribution in [0.15, 0.2) is 30.3 Å². The monoisotopic (exact) mass is 303 g/mol. The Hall–Kier alpha value is -0.870. The third-order valence-electron chi connectivity index (χ3n) is 3.65. The van der Waals surface area contributed by atoms with Gasteiger partial charge in [-0.1, -0.05) is 18.2 Å². The number of phosphoric ester groups is 1. The highest BCUT2D eigenvalue weighted by Crippen LogP contribution is 2.32. The van der Waals surface area contributed by atoms with Gasteiger partial charge in [0.25, 0.3) is 0 Å². The zero-order valence-electron chi connectivity index (χ0n) is 12.8. The SMILES string of the molecule is CC[N+](CC)(CC)CC.O=P([O-])(O)Oc1ccccc1.